The molecule has 4 fully saturated rings. The molecular weight excluding hydrogens is 368 g/mol. The van der Waals surface area contributed by atoms with E-state index in [9.17, 15) is 26.0 Å². The Kier molecular flexibility index (Phi) is 5.11. The summed E-state index contributed by atoms with van der Waals surface area (Å²) in [7, 11) is -6.20. The summed E-state index contributed by atoms with van der Waals surface area (Å²) in [6.45, 7) is -1.09. The molecule has 0 radical (unpaired) electrons. The van der Waals surface area contributed by atoms with Gasteiger partial charge in [-0.15, -0.1) is 0 Å². The third-order valence-corrected chi connectivity index (χ3v) is 6.74. The SMILES string of the molecule is O=S(=O)(O)C(F)(F)C(F)(F)CCOCOC1C2CC3CC(C2)CC1C3. The lowest BCUT2D eigenvalue weighted by Crippen LogP contribution is -2.49. The maximum Gasteiger partial charge on any atom is 0.431 e. The van der Waals surface area contributed by atoms with E-state index in [0.717, 1.165) is 37.5 Å². The van der Waals surface area contributed by atoms with Crippen molar-refractivity contribution in [3.05, 3.63) is 0 Å². The average molecular weight is 390 g/mol. The molecule has 0 aliphatic heterocycles. The first kappa shape index (κ1) is 19.3. The third-order valence-electron chi connectivity index (χ3n) is 5.79. The van der Waals surface area contributed by atoms with Crippen LogP contribution >= 0.6 is 0 Å². The molecule has 25 heavy (non-hydrogen) atoms. The Balaban J connectivity index is 1.42. The van der Waals surface area contributed by atoms with Crippen LogP contribution in [0.4, 0.5) is 17.6 Å². The zero-order chi connectivity index (χ0) is 18.5. The van der Waals surface area contributed by atoms with Crippen LogP contribution in [0.25, 0.3) is 0 Å². The van der Waals surface area contributed by atoms with Crippen LogP contribution in [0, 0.1) is 23.7 Å². The van der Waals surface area contributed by atoms with E-state index < -0.39 is 34.3 Å². The van der Waals surface area contributed by atoms with Gasteiger partial charge in [0.2, 0.25) is 0 Å². The van der Waals surface area contributed by atoms with E-state index in [1.807, 2.05) is 0 Å². The van der Waals surface area contributed by atoms with Crippen molar-refractivity contribution < 1.29 is 40.0 Å². The third kappa shape index (κ3) is 3.68. The second kappa shape index (κ2) is 6.61. The smallest absolute Gasteiger partial charge is 0.355 e. The van der Waals surface area contributed by atoms with Crippen molar-refractivity contribution in [2.75, 3.05) is 13.4 Å². The van der Waals surface area contributed by atoms with E-state index in [1.165, 1.54) is 6.42 Å². The van der Waals surface area contributed by atoms with E-state index in [2.05, 4.69) is 0 Å². The van der Waals surface area contributed by atoms with Gasteiger partial charge in [0.15, 0.2) is 0 Å². The van der Waals surface area contributed by atoms with Crippen LogP contribution in [-0.4, -0.2) is 43.7 Å². The molecule has 0 amide bonds. The molecule has 0 unspecified atom stereocenters. The molecule has 146 valence electrons. The fourth-order valence-corrected chi connectivity index (χ4v) is 5.35. The number of hydrogen-bond acceptors (Lipinski definition) is 4. The van der Waals surface area contributed by atoms with Gasteiger partial charge >= 0.3 is 21.3 Å². The van der Waals surface area contributed by atoms with Crippen molar-refractivity contribution in [3.8, 4) is 0 Å². The van der Waals surface area contributed by atoms with Crippen molar-refractivity contribution in [1.82, 2.24) is 0 Å². The van der Waals surface area contributed by atoms with Gasteiger partial charge in [0.25, 0.3) is 0 Å². The fraction of sp³-hybridized carbons (Fsp3) is 1.00. The van der Waals surface area contributed by atoms with Gasteiger partial charge in [-0.2, -0.15) is 26.0 Å². The molecule has 0 aromatic carbocycles. The number of alkyl halides is 4. The minimum absolute atomic E-state index is 0.0209. The van der Waals surface area contributed by atoms with Crippen LogP contribution in [0.1, 0.15) is 38.5 Å². The highest BCUT2D eigenvalue weighted by Crippen LogP contribution is 2.54. The molecule has 0 atom stereocenters. The van der Waals surface area contributed by atoms with Crippen LogP contribution in [0.15, 0.2) is 0 Å². The molecule has 0 aromatic rings. The van der Waals surface area contributed by atoms with E-state index in [1.54, 1.807) is 0 Å². The monoisotopic (exact) mass is 390 g/mol. The number of halogens is 4. The molecule has 10 heteroatoms. The Labute approximate surface area is 143 Å². The van der Waals surface area contributed by atoms with Gasteiger partial charge in [0, 0.05) is 6.42 Å². The predicted octanol–water partition coefficient (Wildman–Crippen LogP) is 3.31. The van der Waals surface area contributed by atoms with Gasteiger partial charge in [-0.1, -0.05) is 0 Å². The summed E-state index contributed by atoms with van der Waals surface area (Å²) in [5.74, 6) is -2.52. The van der Waals surface area contributed by atoms with Gasteiger partial charge in [-0.25, -0.2) is 0 Å². The van der Waals surface area contributed by atoms with Gasteiger partial charge in [-0.3, -0.25) is 4.55 Å². The summed E-state index contributed by atoms with van der Waals surface area (Å²) in [6.07, 6.45) is 4.20. The molecule has 4 aliphatic carbocycles. The Morgan fingerprint density at radius 1 is 0.960 bits per heavy atom. The van der Waals surface area contributed by atoms with E-state index >= 15 is 0 Å². The summed E-state index contributed by atoms with van der Waals surface area (Å²) in [5, 5.41) is -5.55. The molecule has 4 bridgehead atoms. The lowest BCUT2D eigenvalue weighted by Gasteiger charge is -2.53. The molecular formula is C15H22F4O5S. The maximum absolute atomic E-state index is 13.3. The largest absolute Gasteiger partial charge is 0.431 e. The van der Waals surface area contributed by atoms with Gasteiger partial charge in [-0.05, 0) is 55.8 Å². The number of rotatable bonds is 8. The highest BCUT2D eigenvalue weighted by atomic mass is 32.2. The van der Waals surface area contributed by atoms with Gasteiger partial charge in [0.05, 0.1) is 12.7 Å². The first-order chi connectivity index (χ1) is 11.5. The number of hydrogen-bond donors (Lipinski definition) is 1. The Morgan fingerprint density at radius 3 is 1.96 bits per heavy atom. The molecule has 4 rings (SSSR count). The highest BCUT2D eigenvalue weighted by Gasteiger charge is 2.65. The van der Waals surface area contributed by atoms with Crippen molar-refractivity contribution >= 4 is 10.1 Å². The second-order valence-corrected chi connectivity index (χ2v) is 9.00. The van der Waals surface area contributed by atoms with Crippen LogP contribution in [0.2, 0.25) is 0 Å². The quantitative estimate of drug-likeness (QED) is 0.298. The van der Waals surface area contributed by atoms with Crippen LogP contribution < -0.4 is 0 Å². The molecule has 4 aliphatic rings. The minimum Gasteiger partial charge on any atom is -0.355 e. The summed E-state index contributed by atoms with van der Waals surface area (Å²) < 4.78 is 92.2. The van der Waals surface area contributed by atoms with Crippen LogP contribution in [0.5, 0.6) is 0 Å². The Bertz CT molecular complexity index is 567. The standard InChI is InChI=1S/C15H22F4O5S/c16-14(17,15(18,19)25(20,21)22)1-2-23-8-24-13-11-4-9-3-10(6-11)7-12(13)5-9/h9-13H,1-8H2,(H,20,21,22). The molecule has 0 heterocycles. The Hall–Kier alpha value is -0.450. The normalized spacial score (nSPS) is 35.3. The summed E-state index contributed by atoms with van der Waals surface area (Å²) >= 11 is 0. The Morgan fingerprint density at radius 2 is 1.48 bits per heavy atom. The van der Waals surface area contributed by atoms with E-state index in [-0.39, 0.29) is 12.9 Å². The molecule has 1 N–H and O–H groups in total. The van der Waals surface area contributed by atoms with Crippen LogP contribution in [0.3, 0.4) is 0 Å². The predicted molar refractivity (Wildman–Crippen MR) is 78.8 cm³/mol. The molecule has 4 saturated carbocycles. The first-order valence-corrected chi connectivity index (χ1v) is 9.87. The molecule has 0 spiro atoms. The minimum atomic E-state index is -6.20. The van der Waals surface area contributed by atoms with Crippen molar-refractivity contribution in [2.45, 2.75) is 55.8 Å². The second-order valence-electron chi connectivity index (χ2n) is 7.53. The zero-order valence-electron chi connectivity index (χ0n) is 13.5. The first-order valence-electron chi connectivity index (χ1n) is 8.43. The van der Waals surface area contributed by atoms with Crippen molar-refractivity contribution in [1.29, 1.82) is 0 Å². The summed E-state index contributed by atoms with van der Waals surface area (Å²) in [6, 6.07) is 0. The van der Waals surface area contributed by atoms with Gasteiger partial charge < -0.3 is 9.47 Å². The molecule has 0 saturated heterocycles. The zero-order valence-corrected chi connectivity index (χ0v) is 14.4. The number of ether oxygens (including phenoxy) is 2. The molecule has 0 aromatic heterocycles. The van der Waals surface area contributed by atoms with E-state index in [4.69, 9.17) is 14.0 Å². The van der Waals surface area contributed by atoms with Crippen molar-refractivity contribution in [2.24, 2.45) is 23.7 Å². The lowest BCUT2D eigenvalue weighted by atomic mass is 9.55. The molecule has 5 nitrogen and oxygen atoms in total. The lowest BCUT2D eigenvalue weighted by molar-refractivity contribution is -0.195. The van der Waals surface area contributed by atoms with Crippen molar-refractivity contribution in [3.63, 3.8) is 0 Å². The van der Waals surface area contributed by atoms with E-state index in [0.29, 0.717) is 11.8 Å². The van der Waals surface area contributed by atoms with Crippen LogP contribution in [-0.2, 0) is 19.6 Å². The van der Waals surface area contributed by atoms with Gasteiger partial charge in [0.1, 0.15) is 6.79 Å². The maximum atomic E-state index is 13.3. The summed E-state index contributed by atoms with van der Waals surface area (Å²) in [5.41, 5.74) is 0. The average Bonchev–Trinajstić information content (AvgIpc) is 2.47. The summed E-state index contributed by atoms with van der Waals surface area (Å²) in [4.78, 5) is 0. The fourth-order valence-electron chi connectivity index (χ4n) is 4.87. The topological polar surface area (TPSA) is 72.8 Å². The highest BCUT2D eigenvalue weighted by molar-refractivity contribution is 7.87.